The summed E-state index contributed by atoms with van der Waals surface area (Å²) >= 11 is 12.8. The Kier molecular flexibility index (Phi) is 10.6. The number of anilines is 2. The Hall–Kier alpha value is -7.66. The summed E-state index contributed by atoms with van der Waals surface area (Å²) in [5, 5.41) is 37.1. The zero-order valence-corrected chi connectivity index (χ0v) is 39.3. The first kappa shape index (κ1) is 45.8. The van der Waals surface area contributed by atoms with Gasteiger partial charge in [-0.25, -0.2) is 27.1 Å². The summed E-state index contributed by atoms with van der Waals surface area (Å²) in [5.74, 6) is -1.06. The molecule has 0 fully saturated rings. The van der Waals surface area contributed by atoms with Gasteiger partial charge in [-0.3, -0.25) is 29.8 Å². The van der Waals surface area contributed by atoms with Crippen LogP contribution in [0.25, 0.3) is 66.1 Å². The number of benzene rings is 6. The third-order valence-corrected chi connectivity index (χ3v) is 15.5. The zero-order chi connectivity index (χ0) is 50.0. The maximum absolute atomic E-state index is 14.2. The fourth-order valence-corrected chi connectivity index (χ4v) is 11.3. The van der Waals surface area contributed by atoms with Gasteiger partial charge in [0.05, 0.1) is 41.8 Å². The van der Waals surface area contributed by atoms with Gasteiger partial charge in [0.25, 0.3) is 23.2 Å². The second kappa shape index (κ2) is 16.5. The molecule has 2 amide bonds. The summed E-state index contributed by atoms with van der Waals surface area (Å²) in [6.07, 6.45) is 0. The standard InChI is InChI=1S/C48H32Cl2N6O13S2/c49-19-27-21-53(37-17-35(55(59)60)33-15-29(70(51,63)64)3-5-31(33)45(27)37)47(57)43-13-25-11-23(1-7-41(25)68-43)39-9-10-40(67-39)24-2-8-42-26(12-24)14-44(69-42)48(58)54-22-28(20-50)46-32-6-4-30(71(52,65)66)16-34(32)36(56(61)62)18-38(46)54/h1-18,27-28H,19-22H2,(H2,51,63,64)(H2,52,65,66). The summed E-state index contributed by atoms with van der Waals surface area (Å²) in [6.45, 7) is 0.151. The maximum atomic E-state index is 14.2. The Bertz CT molecular complexity index is 3830. The highest BCUT2D eigenvalue weighted by molar-refractivity contribution is 7.89. The second-order valence-corrected chi connectivity index (χ2v) is 20.8. The van der Waals surface area contributed by atoms with Crippen LogP contribution in [0.1, 0.15) is 44.1 Å². The van der Waals surface area contributed by atoms with Gasteiger partial charge in [0.2, 0.25) is 20.0 Å². The van der Waals surface area contributed by atoms with Crippen LogP contribution in [0, 0.1) is 20.2 Å². The molecular weight excluding hydrogens is 1000 g/mol. The van der Waals surface area contributed by atoms with Gasteiger partial charge in [-0.1, -0.05) is 12.1 Å². The number of primary sulfonamides is 2. The van der Waals surface area contributed by atoms with E-state index in [4.69, 9.17) is 46.7 Å². The number of nitrogens with two attached hydrogens (primary N) is 2. The fraction of sp³-hybridized carbons (Fsp3) is 0.125. The molecule has 9 aromatic rings. The molecule has 0 bridgehead atoms. The van der Waals surface area contributed by atoms with Gasteiger partial charge < -0.3 is 23.1 Å². The molecule has 6 aromatic carbocycles. The quantitative estimate of drug-likeness (QED) is 0.0734. The smallest absolute Gasteiger partial charge is 0.294 e. The Morgan fingerprint density at radius 1 is 0.563 bits per heavy atom. The lowest BCUT2D eigenvalue weighted by molar-refractivity contribution is -0.383. The molecule has 19 nitrogen and oxygen atoms in total. The molecule has 0 saturated heterocycles. The Morgan fingerprint density at radius 2 is 0.972 bits per heavy atom. The maximum Gasteiger partial charge on any atom is 0.294 e. The summed E-state index contributed by atoms with van der Waals surface area (Å²) < 4.78 is 66.8. The number of sulfonamides is 2. The minimum atomic E-state index is -4.18. The highest BCUT2D eigenvalue weighted by Gasteiger charge is 2.40. The van der Waals surface area contributed by atoms with Crippen molar-refractivity contribution in [1.82, 2.24) is 0 Å². The molecule has 0 spiro atoms. The summed E-state index contributed by atoms with van der Waals surface area (Å²) in [5.41, 5.74) is 2.81. The van der Waals surface area contributed by atoms with Gasteiger partial charge in [-0.2, -0.15) is 0 Å². The minimum absolute atomic E-state index is 0.0396. The number of hydrogen-bond acceptors (Lipinski definition) is 13. The van der Waals surface area contributed by atoms with Crippen LogP contribution < -0.4 is 20.1 Å². The molecule has 2 aliphatic rings. The van der Waals surface area contributed by atoms with E-state index in [0.29, 0.717) is 66.5 Å². The molecule has 71 heavy (non-hydrogen) atoms. The average Bonchev–Trinajstić information content (AvgIpc) is 4.20. The Labute approximate surface area is 410 Å². The predicted molar refractivity (Wildman–Crippen MR) is 263 cm³/mol. The number of alkyl halides is 2. The van der Waals surface area contributed by atoms with Gasteiger partial charge in [0.1, 0.15) is 22.7 Å². The van der Waals surface area contributed by atoms with Gasteiger partial charge in [-0.05, 0) is 107 Å². The number of nitrogens with zero attached hydrogens (tertiary/aromatic N) is 4. The first-order valence-corrected chi connectivity index (χ1v) is 25.5. The molecule has 2 aliphatic heterocycles. The molecular formula is C48H32Cl2N6O13S2. The summed E-state index contributed by atoms with van der Waals surface area (Å²) in [7, 11) is -8.36. The topological polar surface area (TPSA) is 287 Å². The number of fused-ring (bicyclic) bond motifs is 8. The molecule has 2 unspecified atom stereocenters. The number of carbonyl (C=O) groups is 2. The van der Waals surface area contributed by atoms with Crippen LogP contribution in [0.2, 0.25) is 0 Å². The lowest BCUT2D eigenvalue weighted by atomic mass is 9.95. The number of non-ortho nitro benzene ring substituents is 2. The van der Waals surface area contributed by atoms with Crippen molar-refractivity contribution in [2.75, 3.05) is 34.6 Å². The van der Waals surface area contributed by atoms with Crippen molar-refractivity contribution in [2.24, 2.45) is 10.3 Å². The molecule has 358 valence electrons. The first-order chi connectivity index (χ1) is 33.8. The van der Waals surface area contributed by atoms with Crippen LogP contribution in [-0.4, -0.2) is 63.3 Å². The van der Waals surface area contributed by atoms with E-state index in [9.17, 15) is 46.7 Å². The lowest BCUT2D eigenvalue weighted by Gasteiger charge is -2.16. The van der Waals surface area contributed by atoms with Crippen molar-refractivity contribution in [2.45, 2.75) is 21.6 Å². The number of amides is 2. The molecule has 4 N–H and O–H groups in total. The van der Waals surface area contributed by atoms with Gasteiger partial charge in [0.15, 0.2) is 11.5 Å². The zero-order valence-electron chi connectivity index (χ0n) is 36.2. The summed E-state index contributed by atoms with van der Waals surface area (Å²) in [6, 6.07) is 27.2. The predicted octanol–water partition coefficient (Wildman–Crippen LogP) is 9.49. The van der Waals surface area contributed by atoms with Gasteiger partial charge in [0, 0.05) is 70.7 Å². The van der Waals surface area contributed by atoms with Crippen LogP contribution in [0.4, 0.5) is 22.7 Å². The fourth-order valence-electron chi connectivity index (χ4n) is 9.72. The van der Waals surface area contributed by atoms with Crippen molar-refractivity contribution >= 4 is 121 Å². The Morgan fingerprint density at radius 3 is 1.34 bits per heavy atom. The number of furan rings is 3. The monoisotopic (exact) mass is 1030 g/mol. The van der Waals surface area contributed by atoms with Crippen LogP contribution >= 0.6 is 23.2 Å². The van der Waals surface area contributed by atoms with Crippen molar-refractivity contribution in [3.63, 3.8) is 0 Å². The highest BCUT2D eigenvalue weighted by Crippen LogP contribution is 2.48. The average molecular weight is 1040 g/mol. The third kappa shape index (κ3) is 7.55. The highest BCUT2D eigenvalue weighted by atomic mass is 35.5. The Balaban J connectivity index is 0.861. The molecule has 11 rings (SSSR count). The number of nitro groups is 2. The van der Waals surface area contributed by atoms with Crippen LogP contribution in [0.15, 0.2) is 132 Å². The minimum Gasteiger partial charge on any atom is -0.456 e. The van der Waals surface area contributed by atoms with E-state index in [1.807, 2.05) is 0 Å². The third-order valence-electron chi connectivity index (χ3n) is 13.0. The number of halogens is 2. The van der Waals surface area contributed by atoms with E-state index in [-0.39, 0.29) is 68.3 Å². The van der Waals surface area contributed by atoms with E-state index in [2.05, 4.69) is 0 Å². The molecule has 0 saturated carbocycles. The lowest BCUT2D eigenvalue weighted by Crippen LogP contribution is -2.29. The van der Waals surface area contributed by atoms with Crippen LogP contribution in [0.5, 0.6) is 0 Å². The van der Waals surface area contributed by atoms with Crippen molar-refractivity contribution in [3.8, 4) is 22.6 Å². The van der Waals surface area contributed by atoms with E-state index >= 15 is 0 Å². The molecule has 23 heteroatoms. The molecule has 2 atom stereocenters. The van der Waals surface area contributed by atoms with Crippen molar-refractivity contribution in [1.29, 1.82) is 0 Å². The van der Waals surface area contributed by atoms with Crippen LogP contribution in [-0.2, 0) is 20.0 Å². The number of rotatable bonds is 10. The molecule has 0 radical (unpaired) electrons. The van der Waals surface area contributed by atoms with E-state index in [0.717, 1.165) is 12.1 Å². The molecule has 3 aromatic heterocycles. The van der Waals surface area contributed by atoms with E-state index in [1.54, 1.807) is 60.7 Å². The number of nitro benzene ring substituents is 2. The van der Waals surface area contributed by atoms with E-state index < -0.39 is 64.9 Å². The normalized spacial score (nSPS) is 15.8. The molecule has 5 heterocycles. The van der Waals surface area contributed by atoms with E-state index in [1.165, 1.54) is 46.2 Å². The number of hydrogen-bond donors (Lipinski definition) is 2. The molecule has 0 aliphatic carbocycles. The van der Waals surface area contributed by atoms with Gasteiger partial charge in [-0.15, -0.1) is 23.2 Å². The second-order valence-electron chi connectivity index (χ2n) is 17.1. The number of carbonyl (C=O) groups excluding carboxylic acids is 2. The van der Waals surface area contributed by atoms with Crippen molar-refractivity contribution < 1.29 is 49.5 Å². The largest absolute Gasteiger partial charge is 0.456 e. The summed E-state index contributed by atoms with van der Waals surface area (Å²) in [4.78, 5) is 53.7. The first-order valence-electron chi connectivity index (χ1n) is 21.3. The van der Waals surface area contributed by atoms with Crippen LogP contribution in [0.3, 0.4) is 0 Å². The van der Waals surface area contributed by atoms with Gasteiger partial charge >= 0.3 is 0 Å². The SMILES string of the molecule is NS(=O)(=O)c1ccc2c3c(cc([N+](=O)[O-])c2c1)N(C(=O)c1cc2cc(-c4ccc(-c5ccc6oc(C(=O)N7CC(CCl)c8c7cc([N+](=O)[O-])c7cc(S(N)(=O)=O)ccc87)cc6c5)o4)ccc2o1)CC3CCl. The van der Waals surface area contributed by atoms with Crippen molar-refractivity contribution in [3.05, 3.63) is 152 Å².